The number of hydrogen-bond donors (Lipinski definition) is 1. The average molecular weight is 294 g/mol. The van der Waals surface area contributed by atoms with Gasteiger partial charge in [0, 0.05) is 5.69 Å². The van der Waals surface area contributed by atoms with Crippen molar-refractivity contribution in [1.82, 2.24) is 4.31 Å². The Morgan fingerprint density at radius 2 is 1.70 bits per heavy atom. The zero-order chi connectivity index (χ0) is 15.0. The Labute approximate surface area is 117 Å². The summed E-state index contributed by atoms with van der Waals surface area (Å²) in [5, 5.41) is 17.1. The molecule has 0 amide bonds. The summed E-state index contributed by atoms with van der Waals surface area (Å²) in [5.41, 5.74) is 6.09. The predicted octanol–water partition coefficient (Wildman–Crippen LogP) is 0.327. The van der Waals surface area contributed by atoms with Gasteiger partial charge in [0.2, 0.25) is 10.0 Å². The fraction of sp³-hybridized carbons (Fsp3) is 0.333. The summed E-state index contributed by atoms with van der Waals surface area (Å²) in [4.78, 5) is 0. The molecule has 0 unspecified atom stereocenters. The quantitative estimate of drug-likeness (QED) is 0.571. The Morgan fingerprint density at radius 1 is 1.15 bits per heavy atom. The van der Waals surface area contributed by atoms with Crippen LogP contribution in [0.4, 0.5) is 5.69 Å². The first-order valence-corrected chi connectivity index (χ1v) is 7.30. The molecule has 0 spiro atoms. The van der Waals surface area contributed by atoms with E-state index in [2.05, 4.69) is 0 Å². The van der Waals surface area contributed by atoms with Gasteiger partial charge in [-0.2, -0.15) is 14.8 Å². The molecule has 7 nitrogen and oxygen atoms in total. The van der Waals surface area contributed by atoms with Gasteiger partial charge in [-0.05, 0) is 24.3 Å². The van der Waals surface area contributed by atoms with Crippen molar-refractivity contribution in [2.45, 2.75) is 0 Å². The Bertz CT molecular complexity index is 598. The standard InChI is InChI=1S/C12H14N4O3S/c13-5-7-16(8-6-14)20(17,18)10-9-19-12-3-1-11(15)2-4-12/h1-4H,7-10,15H2. The van der Waals surface area contributed by atoms with E-state index in [1.807, 2.05) is 0 Å². The number of nitrogens with zero attached hydrogens (tertiary/aromatic N) is 3. The summed E-state index contributed by atoms with van der Waals surface area (Å²) in [6, 6.07) is 9.97. The summed E-state index contributed by atoms with van der Waals surface area (Å²) in [7, 11) is -3.69. The number of nitrogens with two attached hydrogens (primary N) is 1. The van der Waals surface area contributed by atoms with E-state index in [4.69, 9.17) is 21.0 Å². The molecule has 0 atom stereocenters. The van der Waals surface area contributed by atoms with Gasteiger partial charge in [-0.15, -0.1) is 0 Å². The normalized spacial score (nSPS) is 10.8. The van der Waals surface area contributed by atoms with Crippen LogP contribution in [0.2, 0.25) is 0 Å². The lowest BCUT2D eigenvalue weighted by Crippen LogP contribution is -2.35. The van der Waals surface area contributed by atoms with Crippen LogP contribution in [-0.2, 0) is 10.0 Å². The van der Waals surface area contributed by atoms with E-state index in [1.54, 1.807) is 36.4 Å². The van der Waals surface area contributed by atoms with E-state index in [0.29, 0.717) is 11.4 Å². The summed E-state index contributed by atoms with van der Waals surface area (Å²) >= 11 is 0. The highest BCUT2D eigenvalue weighted by molar-refractivity contribution is 7.89. The maximum atomic E-state index is 11.9. The summed E-state index contributed by atoms with van der Waals surface area (Å²) in [6.45, 7) is -0.769. The first kappa shape index (κ1) is 15.8. The van der Waals surface area contributed by atoms with Crippen molar-refractivity contribution >= 4 is 15.7 Å². The highest BCUT2D eigenvalue weighted by Gasteiger charge is 2.21. The van der Waals surface area contributed by atoms with Crippen molar-refractivity contribution in [1.29, 1.82) is 10.5 Å². The summed E-state index contributed by atoms with van der Waals surface area (Å²) in [5.74, 6) is 0.197. The van der Waals surface area contributed by atoms with Crippen LogP contribution < -0.4 is 10.5 Å². The lowest BCUT2D eigenvalue weighted by atomic mass is 10.3. The largest absolute Gasteiger partial charge is 0.492 e. The molecule has 20 heavy (non-hydrogen) atoms. The van der Waals surface area contributed by atoms with Gasteiger partial charge >= 0.3 is 0 Å². The van der Waals surface area contributed by atoms with Crippen molar-refractivity contribution < 1.29 is 13.2 Å². The molecule has 2 N–H and O–H groups in total. The van der Waals surface area contributed by atoms with Crippen LogP contribution in [0.1, 0.15) is 0 Å². The number of anilines is 1. The van der Waals surface area contributed by atoms with Gasteiger partial charge < -0.3 is 10.5 Å². The monoisotopic (exact) mass is 294 g/mol. The number of rotatable bonds is 7. The molecule has 0 aromatic heterocycles. The minimum atomic E-state index is -3.69. The van der Waals surface area contributed by atoms with Gasteiger partial charge in [-0.25, -0.2) is 8.42 Å². The third-order valence-electron chi connectivity index (χ3n) is 2.38. The number of hydrogen-bond acceptors (Lipinski definition) is 6. The minimum Gasteiger partial charge on any atom is -0.492 e. The molecule has 1 aromatic carbocycles. The SMILES string of the molecule is N#CCN(CC#N)S(=O)(=O)CCOc1ccc(N)cc1. The summed E-state index contributed by atoms with van der Waals surface area (Å²) < 4.78 is 29.9. The Kier molecular flexibility index (Phi) is 5.78. The zero-order valence-corrected chi connectivity index (χ0v) is 11.5. The van der Waals surface area contributed by atoms with E-state index in [1.165, 1.54) is 0 Å². The lowest BCUT2D eigenvalue weighted by Gasteiger charge is -2.16. The molecule has 106 valence electrons. The van der Waals surface area contributed by atoms with Crippen LogP contribution in [0.15, 0.2) is 24.3 Å². The Balaban J connectivity index is 2.56. The first-order valence-electron chi connectivity index (χ1n) is 5.69. The van der Waals surface area contributed by atoms with E-state index in [9.17, 15) is 8.42 Å². The maximum absolute atomic E-state index is 11.9. The highest BCUT2D eigenvalue weighted by Crippen LogP contribution is 2.13. The minimum absolute atomic E-state index is 0.0698. The zero-order valence-electron chi connectivity index (χ0n) is 10.7. The third-order valence-corrected chi connectivity index (χ3v) is 4.11. The lowest BCUT2D eigenvalue weighted by molar-refractivity contribution is 0.337. The van der Waals surface area contributed by atoms with E-state index in [-0.39, 0.29) is 25.4 Å². The second kappa shape index (κ2) is 7.34. The molecule has 0 radical (unpaired) electrons. The average Bonchev–Trinajstić information content (AvgIpc) is 2.41. The van der Waals surface area contributed by atoms with Gasteiger partial charge in [0.05, 0.1) is 17.9 Å². The van der Waals surface area contributed by atoms with Gasteiger partial charge in [0.25, 0.3) is 0 Å². The van der Waals surface area contributed by atoms with Crippen molar-refractivity contribution in [3.05, 3.63) is 24.3 Å². The van der Waals surface area contributed by atoms with Crippen molar-refractivity contribution in [3.63, 3.8) is 0 Å². The van der Waals surface area contributed by atoms with E-state index >= 15 is 0 Å². The van der Waals surface area contributed by atoms with Crippen molar-refractivity contribution in [2.24, 2.45) is 0 Å². The molecule has 8 heteroatoms. The molecule has 1 rings (SSSR count). The highest BCUT2D eigenvalue weighted by atomic mass is 32.2. The topological polar surface area (TPSA) is 120 Å². The third kappa shape index (κ3) is 4.76. The molecular weight excluding hydrogens is 280 g/mol. The maximum Gasteiger partial charge on any atom is 0.219 e. The number of benzene rings is 1. The Hall–Kier alpha value is -2.29. The van der Waals surface area contributed by atoms with Gasteiger partial charge in [-0.1, -0.05) is 0 Å². The fourth-order valence-electron chi connectivity index (χ4n) is 1.37. The van der Waals surface area contributed by atoms with Crippen molar-refractivity contribution in [3.8, 4) is 17.9 Å². The van der Waals surface area contributed by atoms with Crippen molar-refractivity contribution in [2.75, 3.05) is 31.2 Å². The molecule has 0 aliphatic rings. The number of ether oxygens (including phenoxy) is 1. The first-order chi connectivity index (χ1) is 9.49. The van der Waals surface area contributed by atoms with Gasteiger partial charge in [0.15, 0.2) is 0 Å². The van der Waals surface area contributed by atoms with E-state index < -0.39 is 10.0 Å². The number of nitrogen functional groups attached to an aromatic ring is 1. The second-order valence-electron chi connectivity index (χ2n) is 3.82. The van der Waals surface area contributed by atoms with Crippen LogP contribution >= 0.6 is 0 Å². The van der Waals surface area contributed by atoms with Crippen LogP contribution in [0, 0.1) is 22.7 Å². The molecule has 0 bridgehead atoms. The van der Waals surface area contributed by atoms with Crippen LogP contribution in [-0.4, -0.2) is 38.2 Å². The van der Waals surface area contributed by atoms with Crippen LogP contribution in [0.25, 0.3) is 0 Å². The fourth-order valence-corrected chi connectivity index (χ4v) is 2.43. The second-order valence-corrected chi connectivity index (χ2v) is 5.91. The molecule has 0 heterocycles. The molecule has 0 saturated carbocycles. The smallest absolute Gasteiger partial charge is 0.219 e. The van der Waals surface area contributed by atoms with Gasteiger partial charge in [-0.3, -0.25) is 0 Å². The molecule has 0 aliphatic heterocycles. The van der Waals surface area contributed by atoms with Crippen LogP contribution in [0.3, 0.4) is 0 Å². The molecule has 0 saturated heterocycles. The summed E-state index contributed by atoms with van der Waals surface area (Å²) in [6.07, 6.45) is 0. The predicted molar refractivity (Wildman–Crippen MR) is 72.9 cm³/mol. The van der Waals surface area contributed by atoms with E-state index in [0.717, 1.165) is 4.31 Å². The van der Waals surface area contributed by atoms with Gasteiger partial charge in [0.1, 0.15) is 25.4 Å². The molecular formula is C12H14N4O3S. The van der Waals surface area contributed by atoms with Crippen LogP contribution in [0.5, 0.6) is 5.75 Å². The molecule has 0 fully saturated rings. The Morgan fingerprint density at radius 3 is 2.20 bits per heavy atom. The number of sulfonamides is 1. The molecule has 1 aromatic rings. The molecule has 0 aliphatic carbocycles. The number of nitriles is 2.